The summed E-state index contributed by atoms with van der Waals surface area (Å²) in [5.74, 6) is 1.50. The molecule has 0 radical (unpaired) electrons. The van der Waals surface area contributed by atoms with E-state index in [-0.39, 0.29) is 36.4 Å². The number of hydrogen-bond acceptors (Lipinski definition) is 3. The topological polar surface area (TPSA) is 66.0 Å². The number of carbonyl (C=O) groups excluding carboxylic acids is 1. The first-order chi connectivity index (χ1) is 13.2. The SMILES string of the molecule is CN=C(NCC(=O)N1CCc2ccccc2C1)NCc1cccc(OC)c1.I. The van der Waals surface area contributed by atoms with Gasteiger partial charge in [-0.15, -0.1) is 24.0 Å². The Morgan fingerprint density at radius 3 is 2.68 bits per heavy atom. The number of benzene rings is 2. The molecule has 6 nitrogen and oxygen atoms in total. The van der Waals surface area contributed by atoms with Crippen LogP contribution in [-0.4, -0.2) is 44.0 Å². The van der Waals surface area contributed by atoms with Crippen molar-refractivity contribution in [1.82, 2.24) is 15.5 Å². The molecule has 1 aliphatic heterocycles. The highest BCUT2D eigenvalue weighted by molar-refractivity contribution is 14.0. The second-order valence-electron chi connectivity index (χ2n) is 6.46. The molecule has 1 heterocycles. The number of fused-ring (bicyclic) bond motifs is 1. The van der Waals surface area contributed by atoms with Crippen LogP contribution in [0.3, 0.4) is 0 Å². The summed E-state index contributed by atoms with van der Waals surface area (Å²) in [6, 6.07) is 16.1. The van der Waals surface area contributed by atoms with E-state index < -0.39 is 0 Å². The third kappa shape index (κ3) is 5.85. The Kier molecular flexibility index (Phi) is 8.56. The van der Waals surface area contributed by atoms with Crippen LogP contribution in [0.4, 0.5) is 0 Å². The van der Waals surface area contributed by atoms with Crippen molar-refractivity contribution in [2.45, 2.75) is 19.5 Å². The summed E-state index contributed by atoms with van der Waals surface area (Å²) in [5.41, 5.74) is 3.65. The summed E-state index contributed by atoms with van der Waals surface area (Å²) < 4.78 is 5.24. The van der Waals surface area contributed by atoms with Crippen molar-refractivity contribution in [2.24, 2.45) is 4.99 Å². The minimum absolute atomic E-state index is 0. The van der Waals surface area contributed by atoms with Crippen molar-refractivity contribution < 1.29 is 9.53 Å². The lowest BCUT2D eigenvalue weighted by Crippen LogP contribution is -2.45. The van der Waals surface area contributed by atoms with E-state index in [0.717, 1.165) is 24.3 Å². The fraction of sp³-hybridized carbons (Fsp3) is 0.333. The second-order valence-corrected chi connectivity index (χ2v) is 6.46. The Morgan fingerprint density at radius 2 is 1.93 bits per heavy atom. The van der Waals surface area contributed by atoms with Gasteiger partial charge in [-0.05, 0) is 35.2 Å². The summed E-state index contributed by atoms with van der Waals surface area (Å²) in [4.78, 5) is 18.6. The molecule has 2 N–H and O–H groups in total. The van der Waals surface area contributed by atoms with Gasteiger partial charge in [0.25, 0.3) is 0 Å². The highest BCUT2D eigenvalue weighted by Gasteiger charge is 2.20. The van der Waals surface area contributed by atoms with Crippen LogP contribution in [-0.2, 0) is 24.3 Å². The monoisotopic (exact) mass is 494 g/mol. The van der Waals surface area contributed by atoms with Crippen LogP contribution in [0.15, 0.2) is 53.5 Å². The highest BCUT2D eigenvalue weighted by Crippen LogP contribution is 2.18. The summed E-state index contributed by atoms with van der Waals surface area (Å²) in [7, 11) is 3.35. The minimum Gasteiger partial charge on any atom is -0.497 e. The first-order valence-electron chi connectivity index (χ1n) is 9.11. The van der Waals surface area contributed by atoms with Gasteiger partial charge >= 0.3 is 0 Å². The lowest BCUT2D eigenvalue weighted by atomic mass is 10.00. The first-order valence-corrected chi connectivity index (χ1v) is 9.11. The molecule has 2 aromatic rings. The number of hydrogen-bond donors (Lipinski definition) is 2. The normalized spacial score (nSPS) is 13.2. The van der Waals surface area contributed by atoms with E-state index in [1.807, 2.05) is 35.2 Å². The lowest BCUT2D eigenvalue weighted by molar-refractivity contribution is -0.130. The van der Waals surface area contributed by atoms with Crippen molar-refractivity contribution in [2.75, 3.05) is 27.2 Å². The minimum atomic E-state index is 0. The van der Waals surface area contributed by atoms with Crippen LogP contribution in [0.1, 0.15) is 16.7 Å². The molecule has 0 bridgehead atoms. The molecule has 1 aliphatic rings. The van der Waals surface area contributed by atoms with Gasteiger partial charge in [0, 0.05) is 26.7 Å². The number of aliphatic imine (C=N–C) groups is 1. The van der Waals surface area contributed by atoms with Crippen LogP contribution in [0.2, 0.25) is 0 Å². The van der Waals surface area contributed by atoms with Gasteiger partial charge in [0.2, 0.25) is 5.91 Å². The Labute approximate surface area is 183 Å². The molecule has 0 saturated heterocycles. The molecule has 7 heteroatoms. The third-order valence-electron chi connectivity index (χ3n) is 4.71. The summed E-state index contributed by atoms with van der Waals surface area (Å²) in [6.45, 7) is 2.25. The number of amides is 1. The Bertz CT molecular complexity index is 826. The average molecular weight is 494 g/mol. The van der Waals surface area contributed by atoms with Gasteiger partial charge in [-0.3, -0.25) is 9.79 Å². The van der Waals surface area contributed by atoms with E-state index in [2.05, 4.69) is 33.8 Å². The molecule has 0 atom stereocenters. The summed E-state index contributed by atoms with van der Waals surface area (Å²) in [5, 5.41) is 6.33. The fourth-order valence-electron chi connectivity index (χ4n) is 3.17. The lowest BCUT2D eigenvalue weighted by Gasteiger charge is -2.29. The number of guanidine groups is 1. The van der Waals surface area contributed by atoms with E-state index in [0.29, 0.717) is 19.0 Å². The van der Waals surface area contributed by atoms with Gasteiger partial charge in [-0.25, -0.2) is 0 Å². The van der Waals surface area contributed by atoms with Crippen LogP contribution < -0.4 is 15.4 Å². The van der Waals surface area contributed by atoms with Crippen molar-refractivity contribution in [3.8, 4) is 5.75 Å². The summed E-state index contributed by atoms with van der Waals surface area (Å²) in [6.07, 6.45) is 0.907. The van der Waals surface area contributed by atoms with Crippen LogP contribution >= 0.6 is 24.0 Å². The van der Waals surface area contributed by atoms with E-state index in [1.54, 1.807) is 14.2 Å². The Balaban J connectivity index is 0.00000280. The molecule has 2 aromatic carbocycles. The zero-order valence-corrected chi connectivity index (χ0v) is 18.6. The number of carbonyl (C=O) groups is 1. The smallest absolute Gasteiger partial charge is 0.242 e. The van der Waals surface area contributed by atoms with Crippen molar-refractivity contribution in [3.63, 3.8) is 0 Å². The number of rotatable bonds is 5. The van der Waals surface area contributed by atoms with Gasteiger partial charge < -0.3 is 20.3 Å². The maximum absolute atomic E-state index is 12.6. The largest absolute Gasteiger partial charge is 0.497 e. The third-order valence-corrected chi connectivity index (χ3v) is 4.71. The molecule has 150 valence electrons. The number of halogens is 1. The van der Waals surface area contributed by atoms with Crippen molar-refractivity contribution >= 4 is 35.8 Å². The standard InChI is InChI=1S/C21H26N4O2.HI/c1-22-21(23-13-16-6-5-9-19(12-16)27-2)24-14-20(26)25-11-10-17-7-3-4-8-18(17)15-25;/h3-9,12H,10-11,13-15H2,1-2H3,(H2,22,23,24);1H. The van der Waals surface area contributed by atoms with Gasteiger partial charge in [0.05, 0.1) is 13.7 Å². The van der Waals surface area contributed by atoms with E-state index in [9.17, 15) is 4.79 Å². The molecule has 0 fully saturated rings. The predicted molar refractivity (Wildman–Crippen MR) is 122 cm³/mol. The molecule has 0 spiro atoms. The second kappa shape index (κ2) is 10.9. The number of methoxy groups -OCH3 is 1. The van der Waals surface area contributed by atoms with E-state index in [1.165, 1.54) is 11.1 Å². The molecule has 28 heavy (non-hydrogen) atoms. The highest BCUT2D eigenvalue weighted by atomic mass is 127. The molecular formula is C21H27IN4O2. The molecule has 0 unspecified atom stereocenters. The van der Waals surface area contributed by atoms with E-state index >= 15 is 0 Å². The average Bonchev–Trinajstić information content (AvgIpc) is 2.73. The van der Waals surface area contributed by atoms with Crippen molar-refractivity contribution in [3.05, 3.63) is 65.2 Å². The molecule has 0 saturated carbocycles. The van der Waals surface area contributed by atoms with Crippen LogP contribution in [0.5, 0.6) is 5.75 Å². The Hall–Kier alpha value is -2.29. The molecular weight excluding hydrogens is 467 g/mol. The molecule has 0 aromatic heterocycles. The fourth-order valence-corrected chi connectivity index (χ4v) is 3.17. The zero-order chi connectivity index (χ0) is 19.1. The molecule has 3 rings (SSSR count). The number of nitrogens with zero attached hydrogens (tertiary/aromatic N) is 2. The first kappa shape index (κ1) is 22.0. The van der Waals surface area contributed by atoms with Crippen LogP contribution in [0.25, 0.3) is 0 Å². The number of nitrogens with one attached hydrogen (secondary N) is 2. The van der Waals surface area contributed by atoms with Gasteiger partial charge in [-0.2, -0.15) is 0 Å². The van der Waals surface area contributed by atoms with Gasteiger partial charge in [0.1, 0.15) is 5.75 Å². The Morgan fingerprint density at radius 1 is 1.14 bits per heavy atom. The molecule has 0 aliphatic carbocycles. The van der Waals surface area contributed by atoms with E-state index in [4.69, 9.17) is 4.74 Å². The number of ether oxygens (including phenoxy) is 1. The zero-order valence-electron chi connectivity index (χ0n) is 16.3. The predicted octanol–water partition coefficient (Wildman–Crippen LogP) is 2.56. The maximum Gasteiger partial charge on any atom is 0.242 e. The maximum atomic E-state index is 12.6. The quantitative estimate of drug-likeness (QED) is 0.381. The van der Waals surface area contributed by atoms with Gasteiger partial charge in [-0.1, -0.05) is 36.4 Å². The van der Waals surface area contributed by atoms with Crippen molar-refractivity contribution in [1.29, 1.82) is 0 Å². The van der Waals surface area contributed by atoms with Crippen LogP contribution in [0, 0.1) is 0 Å². The summed E-state index contributed by atoms with van der Waals surface area (Å²) >= 11 is 0. The van der Waals surface area contributed by atoms with Gasteiger partial charge in [0.15, 0.2) is 5.96 Å². The molecule has 1 amide bonds.